The lowest BCUT2D eigenvalue weighted by Gasteiger charge is -2.07. The number of nitrogens with zero attached hydrogens (tertiary/aromatic N) is 2. The van der Waals surface area contributed by atoms with Crippen LogP contribution >= 0.6 is 11.6 Å². The maximum Gasteiger partial charge on any atom is 0.273 e. The van der Waals surface area contributed by atoms with Crippen LogP contribution in [0.1, 0.15) is 23.8 Å². The van der Waals surface area contributed by atoms with Gasteiger partial charge in [0, 0.05) is 22.8 Å². The number of carbonyl (C=O) groups is 1. The van der Waals surface area contributed by atoms with Gasteiger partial charge in [0.05, 0.1) is 12.8 Å². The highest BCUT2D eigenvalue weighted by atomic mass is 35.5. The van der Waals surface area contributed by atoms with Crippen LogP contribution in [0.25, 0.3) is 11.3 Å². The molecule has 0 radical (unpaired) electrons. The lowest BCUT2D eigenvalue weighted by molar-refractivity contribution is 0.101. The molecule has 0 aliphatic rings. The molecule has 0 atom stereocenters. The first-order valence-electron chi connectivity index (χ1n) is 8.40. The maximum absolute atomic E-state index is 12.8. The number of rotatable bonds is 6. The van der Waals surface area contributed by atoms with Crippen molar-refractivity contribution in [2.75, 3.05) is 12.4 Å². The van der Waals surface area contributed by atoms with Gasteiger partial charge in [-0.1, -0.05) is 30.7 Å². The number of hydrogen-bond acceptors (Lipinski definition) is 3. The molecular formula is C20H20ClN3O2. The molecule has 0 aliphatic carbocycles. The highest BCUT2D eigenvalue weighted by Crippen LogP contribution is 2.29. The first-order valence-corrected chi connectivity index (χ1v) is 8.78. The second-order valence-corrected chi connectivity index (χ2v) is 6.24. The molecule has 26 heavy (non-hydrogen) atoms. The average molecular weight is 370 g/mol. The molecule has 0 spiro atoms. The quantitative estimate of drug-likeness (QED) is 0.674. The summed E-state index contributed by atoms with van der Waals surface area (Å²) in [6.07, 6.45) is 0.869. The van der Waals surface area contributed by atoms with Gasteiger partial charge in [-0.25, -0.2) is 0 Å². The van der Waals surface area contributed by atoms with E-state index in [0.29, 0.717) is 28.6 Å². The standard InChI is InChI=1S/C20H20ClN3O2/c1-3-12-24-18(20(25)22-15-10-8-14(21)9-11-15)13-17(23-24)16-6-4-5-7-19(16)26-2/h4-11,13H,3,12H2,1-2H3,(H,22,25). The number of anilines is 1. The number of aromatic nitrogens is 2. The molecule has 1 heterocycles. The van der Waals surface area contributed by atoms with E-state index >= 15 is 0 Å². The number of halogens is 1. The van der Waals surface area contributed by atoms with Crippen LogP contribution in [0.5, 0.6) is 5.75 Å². The summed E-state index contributed by atoms with van der Waals surface area (Å²) in [5, 5.41) is 8.12. The van der Waals surface area contributed by atoms with Gasteiger partial charge < -0.3 is 10.1 Å². The molecule has 1 amide bonds. The Balaban J connectivity index is 1.94. The monoisotopic (exact) mass is 369 g/mol. The number of aryl methyl sites for hydroxylation is 1. The summed E-state index contributed by atoms with van der Waals surface area (Å²) < 4.78 is 7.14. The van der Waals surface area contributed by atoms with Gasteiger partial charge >= 0.3 is 0 Å². The Hall–Kier alpha value is -2.79. The van der Waals surface area contributed by atoms with Crippen molar-refractivity contribution in [2.24, 2.45) is 0 Å². The fraction of sp³-hybridized carbons (Fsp3) is 0.200. The fourth-order valence-electron chi connectivity index (χ4n) is 2.70. The lowest BCUT2D eigenvalue weighted by atomic mass is 10.1. The molecule has 0 bridgehead atoms. The molecule has 3 aromatic rings. The topological polar surface area (TPSA) is 56.2 Å². The summed E-state index contributed by atoms with van der Waals surface area (Å²) in [5.41, 5.74) is 2.74. The van der Waals surface area contributed by atoms with Crippen LogP contribution < -0.4 is 10.1 Å². The minimum atomic E-state index is -0.213. The van der Waals surface area contributed by atoms with Gasteiger partial charge in [-0.2, -0.15) is 5.10 Å². The van der Waals surface area contributed by atoms with E-state index < -0.39 is 0 Å². The van der Waals surface area contributed by atoms with Crippen molar-refractivity contribution >= 4 is 23.2 Å². The normalized spacial score (nSPS) is 10.6. The molecule has 0 unspecified atom stereocenters. The second kappa shape index (κ2) is 8.06. The number of ether oxygens (including phenoxy) is 1. The number of methoxy groups -OCH3 is 1. The smallest absolute Gasteiger partial charge is 0.273 e. The third-order valence-electron chi connectivity index (χ3n) is 3.93. The van der Waals surface area contributed by atoms with Crippen molar-refractivity contribution in [3.63, 3.8) is 0 Å². The summed E-state index contributed by atoms with van der Waals surface area (Å²) in [6, 6.07) is 16.4. The predicted molar refractivity (Wildman–Crippen MR) is 104 cm³/mol. The summed E-state index contributed by atoms with van der Waals surface area (Å²) in [7, 11) is 1.62. The van der Waals surface area contributed by atoms with Gasteiger partial charge in [0.15, 0.2) is 0 Å². The highest BCUT2D eigenvalue weighted by Gasteiger charge is 2.18. The first-order chi connectivity index (χ1) is 12.6. The van der Waals surface area contributed by atoms with Crippen LogP contribution in [0, 0.1) is 0 Å². The van der Waals surface area contributed by atoms with Crippen LogP contribution in [0.15, 0.2) is 54.6 Å². The van der Waals surface area contributed by atoms with E-state index in [4.69, 9.17) is 16.3 Å². The second-order valence-electron chi connectivity index (χ2n) is 5.80. The summed E-state index contributed by atoms with van der Waals surface area (Å²) >= 11 is 5.89. The summed E-state index contributed by atoms with van der Waals surface area (Å²) in [4.78, 5) is 12.8. The van der Waals surface area contributed by atoms with Crippen molar-refractivity contribution in [1.29, 1.82) is 0 Å². The molecule has 3 rings (SSSR count). The van der Waals surface area contributed by atoms with E-state index in [1.807, 2.05) is 31.2 Å². The summed E-state index contributed by atoms with van der Waals surface area (Å²) in [5.74, 6) is 0.507. The van der Waals surface area contributed by atoms with Crippen molar-refractivity contribution < 1.29 is 9.53 Å². The molecule has 6 heteroatoms. The number of para-hydroxylation sites is 1. The number of amides is 1. The minimum absolute atomic E-state index is 0.213. The fourth-order valence-corrected chi connectivity index (χ4v) is 2.82. The van der Waals surface area contributed by atoms with E-state index in [2.05, 4.69) is 10.4 Å². The zero-order valence-electron chi connectivity index (χ0n) is 14.7. The lowest BCUT2D eigenvalue weighted by Crippen LogP contribution is -2.17. The molecule has 134 valence electrons. The van der Waals surface area contributed by atoms with Crippen LogP contribution in [0.3, 0.4) is 0 Å². The molecular weight excluding hydrogens is 350 g/mol. The first kappa shape index (κ1) is 18.0. The largest absolute Gasteiger partial charge is 0.496 e. The molecule has 2 aromatic carbocycles. The SMILES string of the molecule is CCCn1nc(-c2ccccc2OC)cc1C(=O)Nc1ccc(Cl)cc1. The third-order valence-corrected chi connectivity index (χ3v) is 4.19. The van der Waals surface area contributed by atoms with Crippen LogP contribution in [-0.2, 0) is 6.54 Å². The zero-order valence-corrected chi connectivity index (χ0v) is 15.5. The third kappa shape index (κ3) is 3.89. The van der Waals surface area contributed by atoms with Gasteiger partial charge in [-0.05, 0) is 48.9 Å². The molecule has 0 aliphatic heterocycles. The van der Waals surface area contributed by atoms with Crippen LogP contribution in [0.2, 0.25) is 5.02 Å². The molecule has 0 saturated heterocycles. The van der Waals surface area contributed by atoms with E-state index in [9.17, 15) is 4.79 Å². The molecule has 1 aromatic heterocycles. The van der Waals surface area contributed by atoms with Crippen molar-refractivity contribution in [3.8, 4) is 17.0 Å². The van der Waals surface area contributed by atoms with E-state index in [-0.39, 0.29) is 5.91 Å². The van der Waals surface area contributed by atoms with Gasteiger partial charge in [-0.3, -0.25) is 9.48 Å². The molecule has 0 saturated carbocycles. The van der Waals surface area contributed by atoms with E-state index in [1.165, 1.54) is 0 Å². The Morgan fingerprint density at radius 1 is 1.19 bits per heavy atom. The van der Waals surface area contributed by atoms with E-state index in [0.717, 1.165) is 17.7 Å². The highest BCUT2D eigenvalue weighted by molar-refractivity contribution is 6.30. The Bertz CT molecular complexity index is 904. The van der Waals surface area contributed by atoms with Crippen molar-refractivity contribution in [3.05, 3.63) is 65.3 Å². The Kier molecular flexibility index (Phi) is 5.58. The predicted octanol–water partition coefficient (Wildman–Crippen LogP) is 4.87. The number of benzene rings is 2. The zero-order chi connectivity index (χ0) is 18.5. The number of nitrogens with one attached hydrogen (secondary N) is 1. The van der Waals surface area contributed by atoms with Crippen molar-refractivity contribution in [1.82, 2.24) is 9.78 Å². The van der Waals surface area contributed by atoms with Crippen LogP contribution in [-0.4, -0.2) is 22.8 Å². The van der Waals surface area contributed by atoms with E-state index in [1.54, 1.807) is 42.1 Å². The van der Waals surface area contributed by atoms with Crippen LogP contribution in [0.4, 0.5) is 5.69 Å². The average Bonchev–Trinajstić information content (AvgIpc) is 3.08. The number of hydrogen-bond donors (Lipinski definition) is 1. The number of carbonyl (C=O) groups excluding carboxylic acids is 1. The minimum Gasteiger partial charge on any atom is -0.496 e. The maximum atomic E-state index is 12.8. The van der Waals surface area contributed by atoms with Gasteiger partial charge in [-0.15, -0.1) is 0 Å². The Labute approximate surface area is 157 Å². The van der Waals surface area contributed by atoms with Crippen molar-refractivity contribution in [2.45, 2.75) is 19.9 Å². The Morgan fingerprint density at radius 2 is 1.92 bits per heavy atom. The molecule has 5 nitrogen and oxygen atoms in total. The van der Waals surface area contributed by atoms with Gasteiger partial charge in [0.1, 0.15) is 11.4 Å². The Morgan fingerprint density at radius 3 is 2.62 bits per heavy atom. The molecule has 1 N–H and O–H groups in total. The summed E-state index contributed by atoms with van der Waals surface area (Å²) in [6.45, 7) is 2.70. The van der Waals surface area contributed by atoms with Gasteiger partial charge in [0.2, 0.25) is 0 Å². The molecule has 0 fully saturated rings. The van der Waals surface area contributed by atoms with Gasteiger partial charge in [0.25, 0.3) is 5.91 Å².